The van der Waals surface area contributed by atoms with Crippen LogP contribution in [0, 0.1) is 0 Å². The third-order valence-electron chi connectivity index (χ3n) is 2.46. The third-order valence-corrected chi connectivity index (χ3v) is 5.29. The van der Waals surface area contributed by atoms with Crippen molar-refractivity contribution < 1.29 is 4.79 Å². The van der Waals surface area contributed by atoms with Crippen molar-refractivity contribution in [3.8, 4) is 0 Å². The van der Waals surface area contributed by atoms with Crippen molar-refractivity contribution in [2.75, 3.05) is 6.54 Å². The van der Waals surface area contributed by atoms with E-state index in [2.05, 4.69) is 59.2 Å². The van der Waals surface area contributed by atoms with Crippen molar-refractivity contribution in [2.24, 2.45) is 0 Å². The molecule has 0 aliphatic heterocycles. The molecule has 0 saturated carbocycles. The molecule has 2 rings (SSSR count). The Morgan fingerprint density at radius 1 is 1.16 bits per heavy atom. The van der Waals surface area contributed by atoms with Crippen molar-refractivity contribution in [1.29, 1.82) is 0 Å². The first kappa shape index (κ1) is 15.2. The zero-order valence-electron chi connectivity index (χ0n) is 9.75. The molecule has 2 nitrogen and oxygen atoms in total. The maximum atomic E-state index is 12.0. The number of carbonyl (C=O) groups excluding carboxylic acids is 1. The van der Waals surface area contributed by atoms with E-state index < -0.39 is 0 Å². The Bertz CT molecular complexity index is 597. The van der Waals surface area contributed by atoms with Crippen LogP contribution in [-0.2, 0) is 6.42 Å². The predicted octanol–water partition coefficient (Wildman–Crippen LogP) is 5.01. The smallest absolute Gasteiger partial charge is 0.252 e. The molecular weight excluding hydrogens is 458 g/mol. The first-order valence-electron chi connectivity index (χ1n) is 5.54. The summed E-state index contributed by atoms with van der Waals surface area (Å²) >= 11 is 11.9. The lowest BCUT2D eigenvalue weighted by atomic mass is 10.2. The highest BCUT2D eigenvalue weighted by Gasteiger charge is 2.09. The summed E-state index contributed by atoms with van der Waals surface area (Å²) in [5.74, 6) is -0.0602. The van der Waals surface area contributed by atoms with Gasteiger partial charge in [0.25, 0.3) is 5.91 Å². The summed E-state index contributed by atoms with van der Waals surface area (Å²) in [5, 5.41) is 2.92. The molecule has 1 amide bonds. The minimum Gasteiger partial charge on any atom is -0.352 e. The Hall–Kier alpha value is -0.170. The molecule has 100 valence electrons. The summed E-state index contributed by atoms with van der Waals surface area (Å²) in [5.41, 5.74) is 0.649. The van der Waals surface area contributed by atoms with Crippen LogP contribution >= 0.6 is 59.1 Å². The average molecular weight is 468 g/mol. The lowest BCUT2D eigenvalue weighted by molar-refractivity contribution is 0.0953. The molecule has 1 aromatic carbocycles. The van der Waals surface area contributed by atoms with Crippen LogP contribution in [0.1, 0.15) is 15.2 Å². The van der Waals surface area contributed by atoms with E-state index in [1.807, 2.05) is 18.2 Å². The fraction of sp³-hybridized carbons (Fsp3) is 0.154. The van der Waals surface area contributed by atoms with E-state index in [1.54, 1.807) is 17.4 Å². The second-order valence-corrected chi connectivity index (χ2v) is 8.15. The second kappa shape index (κ2) is 7.02. The maximum absolute atomic E-state index is 12.0. The number of thiophene rings is 1. The highest BCUT2D eigenvalue weighted by Crippen LogP contribution is 2.23. The van der Waals surface area contributed by atoms with Gasteiger partial charge in [-0.1, -0.05) is 15.9 Å². The predicted molar refractivity (Wildman–Crippen MR) is 89.9 cm³/mol. The molecule has 1 heterocycles. The zero-order chi connectivity index (χ0) is 13.8. The highest BCUT2D eigenvalue weighted by molar-refractivity contribution is 9.11. The molecule has 0 spiro atoms. The van der Waals surface area contributed by atoms with Crippen molar-refractivity contribution in [1.82, 2.24) is 5.32 Å². The van der Waals surface area contributed by atoms with Gasteiger partial charge in [-0.25, -0.2) is 0 Å². The highest BCUT2D eigenvalue weighted by atomic mass is 79.9. The topological polar surface area (TPSA) is 29.1 Å². The largest absolute Gasteiger partial charge is 0.352 e. The molecule has 0 saturated heterocycles. The third kappa shape index (κ3) is 4.41. The van der Waals surface area contributed by atoms with E-state index in [0.717, 1.165) is 19.2 Å². The van der Waals surface area contributed by atoms with Crippen LogP contribution in [0.5, 0.6) is 0 Å². The van der Waals surface area contributed by atoms with Crippen molar-refractivity contribution >= 4 is 65.0 Å². The molecule has 0 fully saturated rings. The molecule has 0 unspecified atom stereocenters. The molecule has 1 aromatic heterocycles. The fourth-order valence-corrected chi connectivity index (χ4v) is 4.26. The quantitative estimate of drug-likeness (QED) is 0.673. The lowest BCUT2D eigenvalue weighted by Crippen LogP contribution is -2.25. The van der Waals surface area contributed by atoms with Crippen LogP contribution in [0.2, 0.25) is 0 Å². The first-order chi connectivity index (χ1) is 9.06. The average Bonchev–Trinajstić information content (AvgIpc) is 2.75. The Balaban J connectivity index is 1.90. The van der Waals surface area contributed by atoms with Crippen molar-refractivity contribution in [3.05, 3.63) is 53.5 Å². The molecule has 6 heteroatoms. The molecule has 0 aliphatic rings. The molecule has 2 aromatic rings. The van der Waals surface area contributed by atoms with Crippen LogP contribution in [0.3, 0.4) is 0 Å². The molecule has 19 heavy (non-hydrogen) atoms. The van der Waals surface area contributed by atoms with Crippen LogP contribution in [-0.4, -0.2) is 12.5 Å². The van der Waals surface area contributed by atoms with E-state index in [0.29, 0.717) is 12.1 Å². The molecule has 1 N–H and O–H groups in total. The number of hydrogen-bond acceptors (Lipinski definition) is 2. The molecule has 0 radical (unpaired) electrons. The monoisotopic (exact) mass is 465 g/mol. The minimum atomic E-state index is -0.0602. The zero-order valence-corrected chi connectivity index (χ0v) is 15.3. The van der Waals surface area contributed by atoms with Gasteiger partial charge >= 0.3 is 0 Å². The normalized spacial score (nSPS) is 10.5. The number of hydrogen-bond donors (Lipinski definition) is 1. The number of carbonyl (C=O) groups is 1. The van der Waals surface area contributed by atoms with Crippen LogP contribution in [0.15, 0.2) is 43.1 Å². The van der Waals surface area contributed by atoms with E-state index in [1.165, 1.54) is 4.88 Å². The number of halogens is 3. The van der Waals surface area contributed by atoms with Gasteiger partial charge in [0.05, 0.1) is 9.35 Å². The summed E-state index contributed by atoms with van der Waals surface area (Å²) in [6, 6.07) is 9.61. The van der Waals surface area contributed by atoms with Gasteiger partial charge in [-0.3, -0.25) is 4.79 Å². The molecule has 0 bridgehead atoms. The van der Waals surface area contributed by atoms with Gasteiger partial charge in [-0.15, -0.1) is 11.3 Å². The summed E-state index contributed by atoms with van der Waals surface area (Å²) in [4.78, 5) is 13.3. The molecular formula is C13H10Br3NOS. The SMILES string of the molecule is O=C(NCCc1ccc(Br)s1)c1ccc(Br)cc1Br. The van der Waals surface area contributed by atoms with Crippen LogP contribution < -0.4 is 5.32 Å². The standard InChI is InChI=1S/C13H10Br3NOS/c14-8-1-3-10(11(15)7-8)13(18)17-6-5-9-2-4-12(16)19-9/h1-4,7H,5-6H2,(H,17,18). The van der Waals surface area contributed by atoms with Crippen LogP contribution in [0.25, 0.3) is 0 Å². The van der Waals surface area contributed by atoms with Gasteiger partial charge in [0.1, 0.15) is 0 Å². The van der Waals surface area contributed by atoms with Gasteiger partial charge in [0.2, 0.25) is 0 Å². The van der Waals surface area contributed by atoms with Crippen LogP contribution in [0.4, 0.5) is 0 Å². The number of amides is 1. The number of rotatable bonds is 4. The maximum Gasteiger partial charge on any atom is 0.252 e. The van der Waals surface area contributed by atoms with Crippen molar-refractivity contribution in [2.45, 2.75) is 6.42 Å². The molecule has 0 aliphatic carbocycles. The first-order valence-corrected chi connectivity index (χ1v) is 8.73. The Labute approximate surface area is 141 Å². The van der Waals surface area contributed by atoms with E-state index in [9.17, 15) is 4.79 Å². The Morgan fingerprint density at radius 3 is 2.58 bits per heavy atom. The van der Waals surface area contributed by atoms with Gasteiger partial charge in [-0.05, 0) is 68.6 Å². The Morgan fingerprint density at radius 2 is 1.95 bits per heavy atom. The van der Waals surface area contributed by atoms with Gasteiger partial charge in [0.15, 0.2) is 0 Å². The summed E-state index contributed by atoms with van der Waals surface area (Å²) < 4.78 is 2.85. The van der Waals surface area contributed by atoms with E-state index in [4.69, 9.17) is 0 Å². The minimum absolute atomic E-state index is 0.0602. The fourth-order valence-electron chi connectivity index (χ4n) is 1.55. The lowest BCUT2D eigenvalue weighted by Gasteiger charge is -2.06. The second-order valence-electron chi connectivity index (χ2n) is 3.84. The van der Waals surface area contributed by atoms with E-state index >= 15 is 0 Å². The van der Waals surface area contributed by atoms with E-state index in [-0.39, 0.29) is 5.91 Å². The van der Waals surface area contributed by atoms with Gasteiger partial charge in [-0.2, -0.15) is 0 Å². The number of nitrogens with one attached hydrogen (secondary N) is 1. The molecule has 0 atom stereocenters. The Kier molecular flexibility index (Phi) is 5.62. The summed E-state index contributed by atoms with van der Waals surface area (Å²) in [6.45, 7) is 0.633. The van der Waals surface area contributed by atoms with Gasteiger partial charge in [0, 0.05) is 20.4 Å². The summed E-state index contributed by atoms with van der Waals surface area (Å²) in [7, 11) is 0. The van der Waals surface area contributed by atoms with Crippen molar-refractivity contribution in [3.63, 3.8) is 0 Å². The van der Waals surface area contributed by atoms with Gasteiger partial charge < -0.3 is 5.32 Å². The number of benzene rings is 1. The summed E-state index contributed by atoms with van der Waals surface area (Å²) in [6.07, 6.45) is 0.843.